The highest BCUT2D eigenvalue weighted by molar-refractivity contribution is 5.92. The van der Waals surface area contributed by atoms with Gasteiger partial charge in [0, 0.05) is 39.3 Å². The van der Waals surface area contributed by atoms with Crippen LogP contribution < -0.4 is 4.90 Å². The van der Waals surface area contributed by atoms with Crippen LogP contribution in [0.2, 0.25) is 0 Å². The number of nitrogens with zero attached hydrogens (tertiary/aromatic N) is 5. The molecule has 1 aliphatic heterocycles. The molecule has 0 saturated carbocycles. The average Bonchev–Trinajstić information content (AvgIpc) is 2.63. The third-order valence-electron chi connectivity index (χ3n) is 4.05. The van der Waals surface area contributed by atoms with Gasteiger partial charge in [0.2, 0.25) is 0 Å². The number of rotatable bonds is 5. The smallest absolute Gasteiger partial charge is 0.409 e. The monoisotopic (exact) mass is 335 g/mol. The number of piperazine rings is 1. The van der Waals surface area contributed by atoms with Crippen LogP contribution in [0.15, 0.2) is 12.1 Å². The zero-order valence-electron chi connectivity index (χ0n) is 14.6. The molecule has 0 aliphatic carbocycles. The lowest BCUT2D eigenvalue weighted by molar-refractivity contribution is 0.0565. The van der Waals surface area contributed by atoms with E-state index in [2.05, 4.69) is 15.1 Å². The predicted octanol–water partition coefficient (Wildman–Crippen LogP) is 1.24. The summed E-state index contributed by atoms with van der Waals surface area (Å²) in [6.45, 7) is 9.78. The SMILES string of the molecule is CCOC(=O)N1CCN(C(=O)c2ccc(N(CC)CC)nn2)CC1. The molecule has 1 aliphatic rings. The van der Waals surface area contributed by atoms with Gasteiger partial charge in [0.1, 0.15) is 0 Å². The lowest BCUT2D eigenvalue weighted by Gasteiger charge is -2.33. The standard InChI is InChI=1S/C16H25N5O3/c1-4-19(5-2)14-8-7-13(17-18-14)15(22)20-9-11-21(12-10-20)16(23)24-6-3/h7-8H,4-6,9-12H2,1-3H3. The Bertz CT molecular complexity index is 551. The summed E-state index contributed by atoms with van der Waals surface area (Å²) >= 11 is 0. The van der Waals surface area contributed by atoms with Crippen LogP contribution >= 0.6 is 0 Å². The van der Waals surface area contributed by atoms with Gasteiger partial charge in [-0.1, -0.05) is 0 Å². The first-order valence-electron chi connectivity index (χ1n) is 8.40. The highest BCUT2D eigenvalue weighted by atomic mass is 16.6. The van der Waals surface area contributed by atoms with Crippen molar-refractivity contribution in [3.63, 3.8) is 0 Å². The fourth-order valence-corrected chi connectivity index (χ4v) is 2.62. The van der Waals surface area contributed by atoms with E-state index >= 15 is 0 Å². The van der Waals surface area contributed by atoms with Crippen molar-refractivity contribution in [2.24, 2.45) is 0 Å². The maximum Gasteiger partial charge on any atom is 0.409 e. The third kappa shape index (κ3) is 4.12. The quantitative estimate of drug-likeness (QED) is 0.805. The van der Waals surface area contributed by atoms with Crippen molar-refractivity contribution < 1.29 is 14.3 Å². The molecular formula is C16H25N5O3. The van der Waals surface area contributed by atoms with Crippen LogP contribution in [-0.4, -0.2) is 77.9 Å². The van der Waals surface area contributed by atoms with Gasteiger partial charge in [-0.2, -0.15) is 0 Å². The summed E-state index contributed by atoms with van der Waals surface area (Å²) in [7, 11) is 0. The van der Waals surface area contributed by atoms with Gasteiger partial charge in [0.05, 0.1) is 6.61 Å². The Morgan fingerprint density at radius 3 is 2.17 bits per heavy atom. The first-order valence-corrected chi connectivity index (χ1v) is 8.40. The predicted molar refractivity (Wildman–Crippen MR) is 90.1 cm³/mol. The molecule has 1 aromatic rings. The number of amides is 2. The van der Waals surface area contributed by atoms with Crippen molar-refractivity contribution in [1.29, 1.82) is 0 Å². The van der Waals surface area contributed by atoms with Crippen LogP contribution in [0.3, 0.4) is 0 Å². The third-order valence-corrected chi connectivity index (χ3v) is 4.05. The summed E-state index contributed by atoms with van der Waals surface area (Å²) in [5.74, 6) is 0.612. The minimum absolute atomic E-state index is 0.155. The second-order valence-electron chi connectivity index (χ2n) is 5.43. The molecule has 2 amide bonds. The highest BCUT2D eigenvalue weighted by Gasteiger charge is 2.26. The second-order valence-corrected chi connectivity index (χ2v) is 5.43. The number of ether oxygens (including phenoxy) is 1. The van der Waals surface area contributed by atoms with E-state index in [0.29, 0.717) is 38.5 Å². The molecule has 0 N–H and O–H groups in total. The van der Waals surface area contributed by atoms with E-state index in [1.807, 2.05) is 19.9 Å². The summed E-state index contributed by atoms with van der Waals surface area (Å²) in [6, 6.07) is 3.53. The van der Waals surface area contributed by atoms with Crippen LogP contribution in [0.1, 0.15) is 31.3 Å². The van der Waals surface area contributed by atoms with Crippen LogP contribution in [-0.2, 0) is 4.74 Å². The van der Waals surface area contributed by atoms with E-state index in [4.69, 9.17) is 4.74 Å². The molecule has 8 heteroatoms. The van der Waals surface area contributed by atoms with E-state index in [9.17, 15) is 9.59 Å². The highest BCUT2D eigenvalue weighted by Crippen LogP contribution is 2.12. The summed E-state index contributed by atoms with van der Waals surface area (Å²) in [5, 5.41) is 8.21. The Labute approximate surface area is 142 Å². The van der Waals surface area contributed by atoms with Crippen LogP contribution in [0.4, 0.5) is 10.6 Å². The fourth-order valence-electron chi connectivity index (χ4n) is 2.62. The van der Waals surface area contributed by atoms with Gasteiger partial charge in [0.25, 0.3) is 5.91 Å². The number of hydrogen-bond acceptors (Lipinski definition) is 6. The van der Waals surface area contributed by atoms with E-state index in [0.717, 1.165) is 18.9 Å². The Hall–Kier alpha value is -2.38. The molecular weight excluding hydrogens is 310 g/mol. The zero-order valence-corrected chi connectivity index (χ0v) is 14.6. The van der Waals surface area contributed by atoms with Gasteiger partial charge in [-0.3, -0.25) is 4.79 Å². The Kier molecular flexibility index (Phi) is 6.34. The minimum atomic E-state index is -0.326. The maximum absolute atomic E-state index is 12.5. The Morgan fingerprint density at radius 1 is 1.04 bits per heavy atom. The number of anilines is 1. The minimum Gasteiger partial charge on any atom is -0.450 e. The largest absolute Gasteiger partial charge is 0.450 e. The first kappa shape index (κ1) is 18.0. The molecule has 0 spiro atoms. The van der Waals surface area contributed by atoms with Gasteiger partial charge in [-0.25, -0.2) is 4.79 Å². The van der Waals surface area contributed by atoms with E-state index < -0.39 is 0 Å². The molecule has 24 heavy (non-hydrogen) atoms. The molecule has 0 bridgehead atoms. The molecule has 0 unspecified atom stereocenters. The van der Waals surface area contributed by atoms with Crippen molar-refractivity contribution in [3.8, 4) is 0 Å². The molecule has 1 aromatic heterocycles. The van der Waals surface area contributed by atoms with Crippen LogP contribution in [0.25, 0.3) is 0 Å². The van der Waals surface area contributed by atoms with Crippen LogP contribution in [0.5, 0.6) is 0 Å². The molecule has 1 fully saturated rings. The molecule has 2 heterocycles. The summed E-state index contributed by atoms with van der Waals surface area (Å²) in [4.78, 5) is 29.5. The van der Waals surface area contributed by atoms with E-state index in [-0.39, 0.29) is 12.0 Å². The lowest BCUT2D eigenvalue weighted by Crippen LogP contribution is -2.50. The molecule has 0 aromatic carbocycles. The van der Waals surface area contributed by atoms with Gasteiger partial charge in [-0.05, 0) is 32.9 Å². The topological polar surface area (TPSA) is 78.9 Å². The fraction of sp³-hybridized carbons (Fsp3) is 0.625. The summed E-state index contributed by atoms with van der Waals surface area (Å²) < 4.78 is 4.98. The van der Waals surface area contributed by atoms with Gasteiger partial charge < -0.3 is 19.4 Å². The maximum atomic E-state index is 12.5. The van der Waals surface area contributed by atoms with Crippen molar-refractivity contribution >= 4 is 17.8 Å². The number of carbonyl (C=O) groups is 2. The van der Waals surface area contributed by atoms with E-state index in [1.54, 1.807) is 22.8 Å². The van der Waals surface area contributed by atoms with E-state index in [1.165, 1.54) is 0 Å². The Balaban J connectivity index is 1.94. The second kappa shape index (κ2) is 8.47. The summed E-state index contributed by atoms with van der Waals surface area (Å²) in [6.07, 6.45) is -0.326. The summed E-state index contributed by atoms with van der Waals surface area (Å²) in [5.41, 5.74) is 0.329. The molecule has 8 nitrogen and oxygen atoms in total. The molecule has 132 valence electrons. The van der Waals surface area contributed by atoms with Gasteiger partial charge in [0.15, 0.2) is 11.5 Å². The molecule has 2 rings (SSSR count). The number of carbonyl (C=O) groups excluding carboxylic acids is 2. The first-order chi connectivity index (χ1) is 11.6. The number of aromatic nitrogens is 2. The normalized spacial score (nSPS) is 14.5. The Morgan fingerprint density at radius 2 is 1.67 bits per heavy atom. The van der Waals surface area contributed by atoms with Crippen molar-refractivity contribution in [2.45, 2.75) is 20.8 Å². The lowest BCUT2D eigenvalue weighted by atomic mass is 10.2. The van der Waals surface area contributed by atoms with Crippen molar-refractivity contribution in [3.05, 3.63) is 17.8 Å². The van der Waals surface area contributed by atoms with Gasteiger partial charge >= 0.3 is 6.09 Å². The van der Waals surface area contributed by atoms with Crippen molar-refractivity contribution in [2.75, 3.05) is 50.8 Å². The molecule has 0 radical (unpaired) electrons. The number of hydrogen-bond donors (Lipinski definition) is 0. The average molecular weight is 335 g/mol. The zero-order chi connectivity index (χ0) is 17.5. The van der Waals surface area contributed by atoms with Gasteiger partial charge in [-0.15, -0.1) is 10.2 Å². The van der Waals surface area contributed by atoms with Crippen molar-refractivity contribution in [1.82, 2.24) is 20.0 Å². The van der Waals surface area contributed by atoms with Crippen LogP contribution in [0, 0.1) is 0 Å². The molecule has 0 atom stereocenters. The molecule has 1 saturated heterocycles.